The van der Waals surface area contributed by atoms with Gasteiger partial charge in [-0.05, 0) is 19.8 Å². The lowest BCUT2D eigenvalue weighted by Crippen LogP contribution is -2.40. The number of aryl methyl sites for hydroxylation is 1. The maximum atomic E-state index is 12.8. The fraction of sp³-hybridized carbons (Fsp3) is 0.316. The molecule has 1 saturated heterocycles. The van der Waals surface area contributed by atoms with Gasteiger partial charge in [0.2, 0.25) is 5.76 Å². The molecule has 0 spiro atoms. The first-order chi connectivity index (χ1) is 12.2. The summed E-state index contributed by atoms with van der Waals surface area (Å²) in [5.74, 6) is 0.192. The number of imidazole rings is 1. The van der Waals surface area contributed by atoms with Crippen LogP contribution in [0.3, 0.4) is 0 Å². The van der Waals surface area contributed by atoms with Crippen molar-refractivity contribution in [3.63, 3.8) is 0 Å². The number of benzene rings is 1. The second-order valence-electron chi connectivity index (χ2n) is 6.50. The standard InChI is InChI=1S/C19H20N4O2/c1-14-4-6-15(7-5-14)17-11-18(25-21-17)19(24)22-9-2-3-16(12-22)23-10-8-20-13-23/h4-8,10-11,13,16H,2-3,9,12H2,1H3/t16-/m0/s1. The van der Waals surface area contributed by atoms with Gasteiger partial charge in [-0.3, -0.25) is 4.79 Å². The van der Waals surface area contributed by atoms with Crippen LogP contribution in [0.1, 0.15) is 35.0 Å². The van der Waals surface area contributed by atoms with Crippen molar-refractivity contribution in [2.45, 2.75) is 25.8 Å². The summed E-state index contributed by atoms with van der Waals surface area (Å²) in [6.45, 7) is 3.44. The van der Waals surface area contributed by atoms with E-state index in [9.17, 15) is 4.79 Å². The molecule has 128 valence electrons. The smallest absolute Gasteiger partial charge is 0.292 e. The topological polar surface area (TPSA) is 64.2 Å². The SMILES string of the molecule is Cc1ccc(-c2cc(C(=O)N3CCC[C@H](n4ccnc4)C3)on2)cc1. The molecule has 3 aromatic rings. The van der Waals surface area contributed by atoms with Crippen LogP contribution in [0, 0.1) is 6.92 Å². The van der Waals surface area contributed by atoms with Crippen LogP contribution in [-0.2, 0) is 0 Å². The highest BCUT2D eigenvalue weighted by atomic mass is 16.5. The van der Waals surface area contributed by atoms with Crippen molar-refractivity contribution < 1.29 is 9.32 Å². The molecule has 1 aliphatic heterocycles. The molecule has 0 aliphatic carbocycles. The number of nitrogens with zero attached hydrogens (tertiary/aromatic N) is 4. The number of amides is 1. The minimum atomic E-state index is -0.101. The van der Waals surface area contributed by atoms with E-state index in [1.807, 2.05) is 48.6 Å². The monoisotopic (exact) mass is 336 g/mol. The van der Waals surface area contributed by atoms with Crippen molar-refractivity contribution in [2.24, 2.45) is 0 Å². The lowest BCUT2D eigenvalue weighted by molar-refractivity contribution is 0.0638. The molecule has 4 rings (SSSR count). The molecule has 0 saturated carbocycles. The van der Waals surface area contributed by atoms with Crippen molar-refractivity contribution in [3.8, 4) is 11.3 Å². The van der Waals surface area contributed by atoms with Gasteiger partial charge >= 0.3 is 0 Å². The minimum Gasteiger partial charge on any atom is -0.350 e. The Balaban J connectivity index is 1.50. The molecule has 1 fully saturated rings. The fourth-order valence-corrected chi connectivity index (χ4v) is 3.26. The predicted molar refractivity (Wildman–Crippen MR) is 93.1 cm³/mol. The van der Waals surface area contributed by atoms with Gasteiger partial charge in [0, 0.05) is 37.1 Å². The van der Waals surface area contributed by atoms with Crippen molar-refractivity contribution in [1.82, 2.24) is 19.6 Å². The van der Waals surface area contributed by atoms with E-state index in [0.717, 1.165) is 24.9 Å². The van der Waals surface area contributed by atoms with Crippen molar-refractivity contribution in [3.05, 3.63) is 60.4 Å². The minimum absolute atomic E-state index is 0.101. The summed E-state index contributed by atoms with van der Waals surface area (Å²) in [5, 5.41) is 4.06. The van der Waals surface area contributed by atoms with Crippen LogP contribution in [0.4, 0.5) is 0 Å². The van der Waals surface area contributed by atoms with Gasteiger partial charge in [-0.2, -0.15) is 0 Å². The molecule has 1 aliphatic rings. The van der Waals surface area contributed by atoms with Crippen LogP contribution < -0.4 is 0 Å². The summed E-state index contributed by atoms with van der Waals surface area (Å²) >= 11 is 0. The Morgan fingerprint density at radius 3 is 2.88 bits per heavy atom. The second-order valence-corrected chi connectivity index (χ2v) is 6.50. The molecular formula is C19H20N4O2. The third-order valence-corrected chi connectivity index (χ3v) is 4.70. The number of carbonyl (C=O) groups is 1. The van der Waals surface area contributed by atoms with Crippen LogP contribution in [0.15, 0.2) is 53.6 Å². The molecule has 25 heavy (non-hydrogen) atoms. The van der Waals surface area contributed by atoms with Gasteiger partial charge in [-0.15, -0.1) is 0 Å². The average molecular weight is 336 g/mol. The molecule has 1 aromatic carbocycles. The molecule has 3 heterocycles. The number of aromatic nitrogens is 3. The van der Waals surface area contributed by atoms with Crippen LogP contribution in [0.5, 0.6) is 0 Å². The number of hydrogen-bond donors (Lipinski definition) is 0. The molecule has 1 atom stereocenters. The van der Waals surface area contributed by atoms with Crippen LogP contribution >= 0.6 is 0 Å². The number of rotatable bonds is 3. The van der Waals surface area contributed by atoms with E-state index in [2.05, 4.69) is 14.7 Å². The summed E-state index contributed by atoms with van der Waals surface area (Å²) < 4.78 is 7.40. The number of carbonyl (C=O) groups excluding carboxylic acids is 1. The summed E-state index contributed by atoms with van der Waals surface area (Å²) in [5.41, 5.74) is 2.82. The van der Waals surface area contributed by atoms with Crippen LogP contribution in [-0.4, -0.2) is 38.6 Å². The van der Waals surface area contributed by atoms with Crippen molar-refractivity contribution in [2.75, 3.05) is 13.1 Å². The highest BCUT2D eigenvalue weighted by molar-refractivity contribution is 5.92. The van der Waals surface area contributed by atoms with E-state index in [-0.39, 0.29) is 11.9 Å². The van der Waals surface area contributed by atoms with E-state index in [1.54, 1.807) is 12.3 Å². The van der Waals surface area contributed by atoms with E-state index in [0.29, 0.717) is 18.0 Å². The van der Waals surface area contributed by atoms with Gasteiger partial charge in [0.15, 0.2) is 0 Å². The quantitative estimate of drug-likeness (QED) is 0.736. The van der Waals surface area contributed by atoms with Gasteiger partial charge in [-0.1, -0.05) is 35.0 Å². The molecule has 2 aromatic heterocycles. The fourth-order valence-electron chi connectivity index (χ4n) is 3.26. The van der Waals surface area contributed by atoms with E-state index in [4.69, 9.17) is 4.52 Å². The zero-order valence-corrected chi connectivity index (χ0v) is 14.1. The highest BCUT2D eigenvalue weighted by Gasteiger charge is 2.27. The Bertz CT molecular complexity index is 852. The van der Waals surface area contributed by atoms with Gasteiger partial charge in [-0.25, -0.2) is 4.98 Å². The van der Waals surface area contributed by atoms with Gasteiger partial charge in [0.1, 0.15) is 5.69 Å². The van der Waals surface area contributed by atoms with Gasteiger partial charge < -0.3 is 14.0 Å². The zero-order valence-electron chi connectivity index (χ0n) is 14.1. The first-order valence-electron chi connectivity index (χ1n) is 8.51. The lowest BCUT2D eigenvalue weighted by Gasteiger charge is -2.32. The summed E-state index contributed by atoms with van der Waals surface area (Å²) in [7, 11) is 0. The third-order valence-electron chi connectivity index (χ3n) is 4.70. The molecule has 6 nitrogen and oxygen atoms in total. The summed E-state index contributed by atoms with van der Waals surface area (Å²) in [6, 6.07) is 10.0. The van der Waals surface area contributed by atoms with Crippen molar-refractivity contribution in [1.29, 1.82) is 0 Å². The Labute approximate surface area is 146 Å². The highest BCUT2D eigenvalue weighted by Crippen LogP contribution is 2.24. The lowest BCUT2D eigenvalue weighted by atomic mass is 10.1. The predicted octanol–water partition coefficient (Wildman–Crippen LogP) is 3.32. The molecular weight excluding hydrogens is 316 g/mol. The Morgan fingerprint density at radius 2 is 2.12 bits per heavy atom. The Morgan fingerprint density at radius 1 is 1.28 bits per heavy atom. The first kappa shape index (κ1) is 15.6. The Hall–Kier alpha value is -2.89. The van der Waals surface area contributed by atoms with Crippen molar-refractivity contribution >= 4 is 5.91 Å². The van der Waals surface area contributed by atoms with Gasteiger partial charge in [0.05, 0.1) is 12.4 Å². The maximum absolute atomic E-state index is 12.8. The largest absolute Gasteiger partial charge is 0.350 e. The molecule has 0 radical (unpaired) electrons. The van der Waals surface area contributed by atoms with E-state index >= 15 is 0 Å². The van der Waals surface area contributed by atoms with Gasteiger partial charge in [0.25, 0.3) is 5.91 Å². The molecule has 6 heteroatoms. The molecule has 0 N–H and O–H groups in total. The van der Waals surface area contributed by atoms with E-state index in [1.165, 1.54) is 5.56 Å². The van der Waals surface area contributed by atoms with E-state index < -0.39 is 0 Å². The first-order valence-corrected chi connectivity index (χ1v) is 8.51. The number of hydrogen-bond acceptors (Lipinski definition) is 4. The summed E-state index contributed by atoms with van der Waals surface area (Å²) in [4.78, 5) is 18.7. The Kier molecular flexibility index (Phi) is 4.09. The normalized spacial score (nSPS) is 17.6. The van der Waals surface area contributed by atoms with Crippen LogP contribution in [0.2, 0.25) is 0 Å². The maximum Gasteiger partial charge on any atom is 0.292 e. The molecule has 1 amide bonds. The zero-order chi connectivity index (χ0) is 17.2. The third kappa shape index (κ3) is 3.20. The van der Waals surface area contributed by atoms with Crippen LogP contribution in [0.25, 0.3) is 11.3 Å². The second kappa shape index (κ2) is 6.55. The number of piperidine rings is 1. The average Bonchev–Trinajstić information content (AvgIpc) is 3.34. The summed E-state index contributed by atoms with van der Waals surface area (Å²) in [6.07, 6.45) is 7.54. The molecule has 0 unspecified atom stereocenters. The molecule has 0 bridgehead atoms. The number of likely N-dealkylation sites (tertiary alicyclic amines) is 1.